The number of hydrazone groups is 1. The number of hydrogen-bond donors (Lipinski definition) is 2. The minimum Gasteiger partial charge on any atom is -0.481 e. The highest BCUT2D eigenvalue weighted by Gasteiger charge is 2.11. The van der Waals surface area contributed by atoms with Gasteiger partial charge in [0.05, 0.1) is 15.2 Å². The third-order valence-corrected chi connectivity index (χ3v) is 5.30. The molecule has 0 saturated heterocycles. The average molecular weight is 545 g/mol. The van der Waals surface area contributed by atoms with Crippen molar-refractivity contribution in [1.82, 2.24) is 5.43 Å². The third kappa shape index (κ3) is 6.77. The number of benzene rings is 3. The summed E-state index contributed by atoms with van der Waals surface area (Å²) >= 11 is 6.89. The van der Waals surface area contributed by atoms with Crippen molar-refractivity contribution in [3.63, 3.8) is 0 Å². The summed E-state index contributed by atoms with van der Waals surface area (Å²) in [6, 6.07) is 19.9. The maximum Gasteiger partial charge on any atom is 0.271 e. The molecule has 0 heterocycles. The number of amides is 2. The number of aryl methyl sites for hydroxylation is 1. The fourth-order valence-corrected chi connectivity index (χ4v) is 4.03. The van der Waals surface area contributed by atoms with Gasteiger partial charge in [-0.1, -0.05) is 35.9 Å². The van der Waals surface area contributed by atoms with Gasteiger partial charge in [0.15, 0.2) is 6.61 Å². The van der Waals surface area contributed by atoms with Crippen LogP contribution in [-0.2, 0) is 4.79 Å². The van der Waals surface area contributed by atoms with Gasteiger partial charge in [-0.15, -0.1) is 0 Å². The molecule has 3 rings (SSSR count). The Morgan fingerprint density at radius 1 is 1.00 bits per heavy atom. The Labute approximate surface area is 197 Å². The second-order valence-corrected chi connectivity index (χ2v) is 8.29. The first-order chi connectivity index (χ1) is 14.9. The van der Waals surface area contributed by atoms with Crippen molar-refractivity contribution in [2.75, 3.05) is 11.9 Å². The predicted octanol–water partition coefficient (Wildman–Crippen LogP) is 5.30. The van der Waals surface area contributed by atoms with Crippen LogP contribution in [0.25, 0.3) is 0 Å². The van der Waals surface area contributed by atoms with Crippen LogP contribution in [0.5, 0.6) is 5.75 Å². The van der Waals surface area contributed by atoms with E-state index in [1.165, 1.54) is 6.21 Å². The van der Waals surface area contributed by atoms with Crippen LogP contribution in [0.15, 0.2) is 80.8 Å². The van der Waals surface area contributed by atoms with Crippen LogP contribution in [0.4, 0.5) is 5.69 Å². The first kappa shape index (κ1) is 22.7. The molecule has 0 aliphatic carbocycles. The van der Waals surface area contributed by atoms with E-state index in [2.05, 4.69) is 47.7 Å². The van der Waals surface area contributed by atoms with Crippen LogP contribution in [0, 0.1) is 6.92 Å². The van der Waals surface area contributed by atoms with E-state index in [9.17, 15) is 9.59 Å². The number of carbonyl (C=O) groups excluding carboxylic acids is 2. The molecule has 31 heavy (non-hydrogen) atoms. The fourth-order valence-electron chi connectivity index (χ4n) is 2.58. The lowest BCUT2D eigenvalue weighted by atomic mass is 10.2. The molecule has 0 radical (unpaired) electrons. The van der Waals surface area contributed by atoms with Crippen LogP contribution in [0.3, 0.4) is 0 Å². The second-order valence-electron chi connectivity index (χ2n) is 6.58. The summed E-state index contributed by atoms with van der Waals surface area (Å²) < 4.78 is 6.94. The maximum absolute atomic E-state index is 12.2. The Morgan fingerprint density at radius 2 is 1.65 bits per heavy atom. The number of nitrogens with one attached hydrogen (secondary N) is 2. The molecule has 0 aliphatic rings. The molecule has 0 aliphatic heterocycles. The van der Waals surface area contributed by atoms with Gasteiger partial charge >= 0.3 is 0 Å². The molecule has 3 aromatic carbocycles. The summed E-state index contributed by atoms with van der Waals surface area (Å²) in [7, 11) is 0. The van der Waals surface area contributed by atoms with Crippen molar-refractivity contribution in [2.45, 2.75) is 6.92 Å². The quantitative estimate of drug-likeness (QED) is 0.313. The summed E-state index contributed by atoms with van der Waals surface area (Å²) in [4.78, 5) is 24.2. The highest BCUT2D eigenvalue weighted by molar-refractivity contribution is 9.11. The van der Waals surface area contributed by atoms with Crippen LogP contribution in [-0.4, -0.2) is 24.6 Å². The van der Waals surface area contributed by atoms with Crippen molar-refractivity contribution in [2.24, 2.45) is 5.10 Å². The van der Waals surface area contributed by atoms with Gasteiger partial charge in [-0.25, -0.2) is 5.43 Å². The number of hydrogen-bond acceptors (Lipinski definition) is 4. The van der Waals surface area contributed by atoms with Gasteiger partial charge in [-0.05, 0) is 80.7 Å². The minimum atomic E-state index is -0.297. The van der Waals surface area contributed by atoms with Gasteiger partial charge in [0.2, 0.25) is 0 Å². The number of halogens is 2. The largest absolute Gasteiger partial charge is 0.481 e. The van der Waals surface area contributed by atoms with Crippen LogP contribution >= 0.6 is 31.9 Å². The Kier molecular flexibility index (Phi) is 7.97. The van der Waals surface area contributed by atoms with Crippen LogP contribution < -0.4 is 15.5 Å². The Balaban J connectivity index is 1.57. The molecule has 0 unspecified atom stereocenters. The fraction of sp³-hybridized carbons (Fsp3) is 0.0870. The van der Waals surface area contributed by atoms with Crippen LogP contribution in [0.1, 0.15) is 21.5 Å². The maximum atomic E-state index is 12.2. The van der Waals surface area contributed by atoms with E-state index in [0.717, 1.165) is 11.1 Å². The highest BCUT2D eigenvalue weighted by atomic mass is 79.9. The first-order valence-electron chi connectivity index (χ1n) is 9.29. The van der Waals surface area contributed by atoms with Crippen molar-refractivity contribution >= 4 is 55.6 Å². The topological polar surface area (TPSA) is 79.8 Å². The summed E-state index contributed by atoms with van der Waals surface area (Å²) in [5.41, 5.74) is 5.56. The lowest BCUT2D eigenvalue weighted by Gasteiger charge is -2.11. The zero-order valence-electron chi connectivity index (χ0n) is 16.6. The Bertz CT molecular complexity index is 1080. The molecule has 0 spiro atoms. The van der Waals surface area contributed by atoms with E-state index >= 15 is 0 Å². The third-order valence-electron chi connectivity index (χ3n) is 4.12. The molecular formula is C23H19Br2N3O3. The summed E-state index contributed by atoms with van der Waals surface area (Å²) in [6.07, 6.45) is 1.52. The Hall–Kier alpha value is -2.97. The number of rotatable bonds is 7. The van der Waals surface area contributed by atoms with Crippen molar-refractivity contribution < 1.29 is 14.3 Å². The van der Waals surface area contributed by atoms with E-state index in [0.29, 0.717) is 25.9 Å². The monoisotopic (exact) mass is 543 g/mol. The average Bonchev–Trinajstić information content (AvgIpc) is 2.75. The van der Waals surface area contributed by atoms with Gasteiger partial charge in [0.25, 0.3) is 11.8 Å². The van der Waals surface area contributed by atoms with Crippen molar-refractivity contribution in [3.05, 3.63) is 92.4 Å². The van der Waals surface area contributed by atoms with E-state index in [4.69, 9.17) is 4.74 Å². The lowest BCUT2D eigenvalue weighted by Crippen LogP contribution is -2.20. The van der Waals surface area contributed by atoms with E-state index < -0.39 is 0 Å². The number of anilines is 1. The molecule has 0 saturated carbocycles. The lowest BCUT2D eigenvalue weighted by molar-refractivity contribution is -0.118. The van der Waals surface area contributed by atoms with Gasteiger partial charge in [0, 0.05) is 11.3 Å². The number of carbonyl (C=O) groups is 2. The van der Waals surface area contributed by atoms with E-state index in [1.54, 1.807) is 36.4 Å². The molecule has 8 heteroatoms. The van der Waals surface area contributed by atoms with Gasteiger partial charge in [-0.3, -0.25) is 9.59 Å². The van der Waals surface area contributed by atoms with Gasteiger partial charge in [0.1, 0.15) is 5.75 Å². The summed E-state index contributed by atoms with van der Waals surface area (Å²) in [6.45, 7) is 1.83. The normalized spacial score (nSPS) is 10.7. The molecule has 3 aromatic rings. The van der Waals surface area contributed by atoms with Crippen molar-refractivity contribution in [1.29, 1.82) is 0 Å². The molecule has 158 valence electrons. The number of nitrogens with zero attached hydrogens (tertiary/aromatic N) is 1. The smallest absolute Gasteiger partial charge is 0.271 e. The summed E-state index contributed by atoms with van der Waals surface area (Å²) in [5.74, 6) is -0.0732. The predicted molar refractivity (Wildman–Crippen MR) is 129 cm³/mol. The molecule has 0 bridgehead atoms. The second kappa shape index (κ2) is 10.9. The summed E-state index contributed by atoms with van der Waals surface area (Å²) in [5, 5.41) is 6.77. The molecule has 0 atom stereocenters. The zero-order chi connectivity index (χ0) is 22.2. The SMILES string of the molecule is Cc1ccc(NC(=O)COc2c(Br)cc(/C=N/NC(=O)c3ccccc3)cc2Br)cc1. The molecule has 0 aromatic heterocycles. The molecule has 2 N–H and O–H groups in total. The number of ether oxygens (including phenoxy) is 1. The van der Waals surface area contributed by atoms with E-state index in [-0.39, 0.29) is 18.4 Å². The minimum absolute atomic E-state index is 0.147. The molecular weight excluding hydrogens is 526 g/mol. The molecule has 6 nitrogen and oxygen atoms in total. The van der Waals surface area contributed by atoms with Gasteiger partial charge in [-0.2, -0.15) is 5.10 Å². The Morgan fingerprint density at radius 3 is 2.29 bits per heavy atom. The standard InChI is InChI=1S/C23H19Br2N3O3/c1-15-7-9-18(10-8-15)27-21(29)14-31-22-19(24)11-16(12-20(22)25)13-26-28-23(30)17-5-3-2-4-6-17/h2-13H,14H2,1H3,(H,27,29)(H,28,30)/b26-13+. The first-order valence-corrected chi connectivity index (χ1v) is 10.9. The van der Waals surface area contributed by atoms with Crippen molar-refractivity contribution in [3.8, 4) is 5.75 Å². The molecule has 0 fully saturated rings. The van der Waals surface area contributed by atoms with Crippen LogP contribution in [0.2, 0.25) is 0 Å². The van der Waals surface area contributed by atoms with Gasteiger partial charge < -0.3 is 10.1 Å². The zero-order valence-corrected chi connectivity index (χ0v) is 19.7. The highest BCUT2D eigenvalue weighted by Crippen LogP contribution is 2.34. The van der Waals surface area contributed by atoms with E-state index in [1.807, 2.05) is 37.3 Å². The molecule has 2 amide bonds.